The van der Waals surface area contributed by atoms with Gasteiger partial charge in [-0.1, -0.05) is 12.1 Å². The normalized spacial score (nSPS) is 9.84. The minimum Gasteiger partial charge on any atom is -0.326 e. The number of rotatable bonds is 5. The van der Waals surface area contributed by atoms with Crippen molar-refractivity contribution in [2.24, 2.45) is 0 Å². The van der Waals surface area contributed by atoms with Crippen molar-refractivity contribution >= 4 is 11.6 Å². The Bertz CT molecular complexity index is 566. The molecule has 2 rings (SSSR count). The molecule has 1 aromatic carbocycles. The fourth-order valence-corrected chi connectivity index (χ4v) is 1.67. The maximum Gasteiger partial charge on any atom is 0.226 e. The van der Waals surface area contributed by atoms with Crippen molar-refractivity contribution in [2.45, 2.75) is 19.4 Å². The van der Waals surface area contributed by atoms with E-state index in [9.17, 15) is 4.79 Å². The Hall–Kier alpha value is -2.61. The van der Waals surface area contributed by atoms with Crippen molar-refractivity contribution in [3.63, 3.8) is 0 Å². The summed E-state index contributed by atoms with van der Waals surface area (Å²) in [6.45, 7) is 0.561. The first kappa shape index (κ1) is 12.8. The molecule has 5 heteroatoms. The highest BCUT2D eigenvalue weighted by atomic mass is 16.1. The first-order valence-corrected chi connectivity index (χ1v) is 6.01. The van der Waals surface area contributed by atoms with E-state index >= 15 is 0 Å². The molecule has 0 spiro atoms. The zero-order valence-electron chi connectivity index (χ0n) is 10.4. The van der Waals surface area contributed by atoms with Gasteiger partial charge in [-0.05, 0) is 23.8 Å². The van der Waals surface area contributed by atoms with Crippen molar-refractivity contribution < 1.29 is 4.79 Å². The molecule has 0 aliphatic heterocycles. The molecule has 1 aromatic heterocycles. The molecule has 1 heterocycles. The Morgan fingerprint density at radius 3 is 2.79 bits per heavy atom. The van der Waals surface area contributed by atoms with E-state index in [4.69, 9.17) is 5.26 Å². The number of nitrogens with one attached hydrogen (secondary N) is 1. The van der Waals surface area contributed by atoms with E-state index in [2.05, 4.69) is 16.5 Å². The zero-order valence-corrected chi connectivity index (χ0v) is 10.4. The van der Waals surface area contributed by atoms with Crippen LogP contribution in [0.2, 0.25) is 0 Å². The molecule has 0 fully saturated rings. The second-order valence-electron chi connectivity index (χ2n) is 4.10. The van der Waals surface area contributed by atoms with Gasteiger partial charge in [0.1, 0.15) is 0 Å². The van der Waals surface area contributed by atoms with Crippen LogP contribution in [0.4, 0.5) is 5.69 Å². The van der Waals surface area contributed by atoms with Crippen LogP contribution in [0.1, 0.15) is 12.0 Å². The van der Waals surface area contributed by atoms with Crippen LogP contribution in [0.5, 0.6) is 0 Å². The van der Waals surface area contributed by atoms with Gasteiger partial charge in [0.05, 0.1) is 12.5 Å². The molecule has 1 amide bonds. The Balaban J connectivity index is 1.83. The molecule has 0 atom stereocenters. The Morgan fingerprint density at radius 2 is 2.16 bits per heavy atom. The fourth-order valence-electron chi connectivity index (χ4n) is 1.67. The van der Waals surface area contributed by atoms with Gasteiger partial charge in [-0.3, -0.25) is 9.48 Å². The molecule has 5 nitrogen and oxygen atoms in total. The Labute approximate surface area is 111 Å². The van der Waals surface area contributed by atoms with Gasteiger partial charge in [-0.2, -0.15) is 10.4 Å². The van der Waals surface area contributed by atoms with Crippen molar-refractivity contribution in [3.8, 4) is 6.07 Å². The number of carbonyl (C=O) groups is 1. The maximum atomic E-state index is 11.7. The summed E-state index contributed by atoms with van der Waals surface area (Å²) >= 11 is 0. The van der Waals surface area contributed by atoms with E-state index in [1.165, 1.54) is 0 Å². The molecule has 2 aromatic rings. The minimum absolute atomic E-state index is 0.0523. The maximum absolute atomic E-state index is 11.7. The van der Waals surface area contributed by atoms with E-state index in [-0.39, 0.29) is 5.91 Å². The van der Waals surface area contributed by atoms with Crippen molar-refractivity contribution in [3.05, 3.63) is 48.3 Å². The zero-order chi connectivity index (χ0) is 13.5. The number of aromatic nitrogens is 2. The number of carbonyl (C=O) groups excluding carboxylic acids is 1. The lowest BCUT2D eigenvalue weighted by atomic mass is 10.1. The number of nitriles is 1. The van der Waals surface area contributed by atoms with E-state index in [1.807, 2.05) is 24.4 Å². The molecule has 0 bridgehead atoms. The van der Waals surface area contributed by atoms with Crippen molar-refractivity contribution in [1.82, 2.24) is 9.78 Å². The molecular weight excluding hydrogens is 240 g/mol. The SMILES string of the molecule is N#CCc1ccc(NC(=O)CCn2cccn2)cc1. The molecule has 1 N–H and O–H groups in total. The largest absolute Gasteiger partial charge is 0.326 e. The van der Waals surface area contributed by atoms with Crippen LogP contribution in [0.15, 0.2) is 42.7 Å². The van der Waals surface area contributed by atoms with Crippen molar-refractivity contribution in [2.75, 3.05) is 5.32 Å². The summed E-state index contributed by atoms with van der Waals surface area (Å²) in [5, 5.41) is 15.4. The van der Waals surface area contributed by atoms with Crippen LogP contribution < -0.4 is 5.32 Å². The monoisotopic (exact) mass is 254 g/mol. The lowest BCUT2D eigenvalue weighted by Gasteiger charge is -2.06. The van der Waals surface area contributed by atoms with Gasteiger partial charge >= 0.3 is 0 Å². The highest BCUT2D eigenvalue weighted by molar-refractivity contribution is 5.90. The third kappa shape index (κ3) is 3.96. The van der Waals surface area contributed by atoms with Gasteiger partial charge in [-0.25, -0.2) is 0 Å². The smallest absolute Gasteiger partial charge is 0.226 e. The summed E-state index contributed by atoms with van der Waals surface area (Å²) in [6.07, 6.45) is 4.27. The summed E-state index contributed by atoms with van der Waals surface area (Å²) in [6, 6.07) is 11.2. The van der Waals surface area contributed by atoms with Gasteiger partial charge < -0.3 is 5.32 Å². The molecule has 19 heavy (non-hydrogen) atoms. The Morgan fingerprint density at radius 1 is 1.37 bits per heavy atom. The van der Waals surface area contributed by atoms with E-state index in [0.29, 0.717) is 19.4 Å². The van der Waals surface area contributed by atoms with Gasteiger partial charge in [-0.15, -0.1) is 0 Å². The van der Waals surface area contributed by atoms with Crippen LogP contribution in [0.3, 0.4) is 0 Å². The number of nitrogens with zero attached hydrogens (tertiary/aromatic N) is 3. The van der Waals surface area contributed by atoms with Crippen LogP contribution in [-0.2, 0) is 17.8 Å². The Kier molecular flexibility index (Phi) is 4.29. The highest BCUT2D eigenvalue weighted by Gasteiger charge is 2.03. The summed E-state index contributed by atoms with van der Waals surface area (Å²) in [5.74, 6) is -0.0523. The molecule has 0 saturated carbocycles. The summed E-state index contributed by atoms with van der Waals surface area (Å²) in [4.78, 5) is 11.7. The average Bonchev–Trinajstić information content (AvgIpc) is 2.92. The van der Waals surface area contributed by atoms with Gasteiger partial charge in [0.25, 0.3) is 0 Å². The third-order valence-electron chi connectivity index (χ3n) is 2.65. The first-order valence-electron chi connectivity index (χ1n) is 6.01. The molecule has 0 saturated heterocycles. The second kappa shape index (κ2) is 6.36. The van der Waals surface area contributed by atoms with Crippen LogP contribution in [-0.4, -0.2) is 15.7 Å². The predicted octanol–water partition coefficient (Wildman–Crippen LogP) is 1.98. The summed E-state index contributed by atoms with van der Waals surface area (Å²) in [5.41, 5.74) is 1.68. The minimum atomic E-state index is -0.0523. The quantitative estimate of drug-likeness (QED) is 0.886. The molecule has 96 valence electrons. The van der Waals surface area contributed by atoms with Crippen LogP contribution in [0, 0.1) is 11.3 Å². The lowest BCUT2D eigenvalue weighted by molar-refractivity contribution is -0.116. The molecular formula is C14H14N4O. The first-order chi connectivity index (χ1) is 9.28. The molecule has 0 aliphatic rings. The molecule has 0 unspecified atom stereocenters. The number of aryl methyl sites for hydroxylation is 1. The number of hydrogen-bond acceptors (Lipinski definition) is 3. The second-order valence-corrected chi connectivity index (χ2v) is 4.10. The lowest BCUT2D eigenvalue weighted by Crippen LogP contribution is -2.14. The molecule has 0 aliphatic carbocycles. The third-order valence-corrected chi connectivity index (χ3v) is 2.65. The molecule has 0 radical (unpaired) electrons. The van der Waals surface area contributed by atoms with E-state index in [0.717, 1.165) is 11.3 Å². The topological polar surface area (TPSA) is 70.7 Å². The number of benzene rings is 1. The number of anilines is 1. The summed E-state index contributed by atoms with van der Waals surface area (Å²) in [7, 11) is 0. The van der Waals surface area contributed by atoms with Gasteiger partial charge in [0.15, 0.2) is 0 Å². The van der Waals surface area contributed by atoms with Gasteiger partial charge in [0.2, 0.25) is 5.91 Å². The highest BCUT2D eigenvalue weighted by Crippen LogP contribution is 2.10. The fraction of sp³-hybridized carbons (Fsp3) is 0.214. The average molecular weight is 254 g/mol. The standard InChI is InChI=1S/C14H14N4O/c15-8-6-12-2-4-13(5-3-12)17-14(19)7-11-18-10-1-9-16-18/h1-5,9-10H,6-7,11H2,(H,17,19). The number of hydrogen-bond donors (Lipinski definition) is 1. The predicted molar refractivity (Wildman–Crippen MR) is 71.2 cm³/mol. The van der Waals surface area contributed by atoms with Gasteiger partial charge in [0, 0.05) is 31.0 Å². The van der Waals surface area contributed by atoms with E-state index < -0.39 is 0 Å². The van der Waals surface area contributed by atoms with Crippen molar-refractivity contribution in [1.29, 1.82) is 5.26 Å². The number of amides is 1. The van der Waals surface area contributed by atoms with E-state index in [1.54, 1.807) is 23.0 Å². The van der Waals surface area contributed by atoms with Crippen LogP contribution in [0.25, 0.3) is 0 Å². The summed E-state index contributed by atoms with van der Waals surface area (Å²) < 4.78 is 1.72. The van der Waals surface area contributed by atoms with Crippen LogP contribution >= 0.6 is 0 Å².